The Morgan fingerprint density at radius 2 is 1.79 bits per heavy atom. The largest absolute Gasteiger partial charge is 0.527 e. The third-order valence-electron chi connectivity index (χ3n) is 5.53. The Kier molecular flexibility index (Phi) is 10.5. The molecule has 1 aliphatic rings. The molecule has 0 bridgehead atoms. The molecule has 1 saturated heterocycles. The van der Waals surface area contributed by atoms with Crippen LogP contribution in [0.4, 0.5) is 13.6 Å². The normalized spacial score (nSPS) is 14.5. The summed E-state index contributed by atoms with van der Waals surface area (Å²) in [6.45, 7) is 1.49. The molecule has 1 aromatic carbocycles. The van der Waals surface area contributed by atoms with Gasteiger partial charge in [-0.25, -0.2) is 18.3 Å². The van der Waals surface area contributed by atoms with Crippen LogP contribution in [0, 0.1) is 0 Å². The number of halogens is 2. The van der Waals surface area contributed by atoms with E-state index in [2.05, 4.69) is 10.4 Å². The number of carbonyl (C=O) groups excluding carboxylic acids is 3. The molecule has 1 aromatic heterocycles. The van der Waals surface area contributed by atoms with Gasteiger partial charge in [0.1, 0.15) is 6.04 Å². The number of para-hydroxylation sites is 1. The number of rotatable bonds is 12. The van der Waals surface area contributed by atoms with E-state index in [0.717, 1.165) is 6.07 Å². The zero-order chi connectivity index (χ0) is 28.4. The molecule has 13 nitrogen and oxygen atoms in total. The summed E-state index contributed by atoms with van der Waals surface area (Å²) in [6.07, 6.45) is -4.23. The first-order valence-electron chi connectivity index (χ1n) is 12.2. The van der Waals surface area contributed by atoms with Gasteiger partial charge in [0.25, 0.3) is 12.3 Å². The second kappa shape index (κ2) is 14.0. The standard InChI is InChI=1S/C24H29F2N5O8/c1-2-37-24(36)39-30-12-10-29(11-13-30)23(35)17(8-9-21(32)33)27-22(34)18-14-20(38-15-19(25)26)31(28-18)16-6-4-3-5-7-16/h3-7,14,17,19H,2,8-13,15H2,1H3,(H,27,34)(H,32,33)/t17-/m0/s1. The van der Waals surface area contributed by atoms with Crippen LogP contribution < -0.4 is 10.1 Å². The Bertz CT molecular complexity index is 1140. The van der Waals surface area contributed by atoms with Crippen LogP contribution in [0.1, 0.15) is 30.3 Å². The van der Waals surface area contributed by atoms with Crippen LogP contribution in [-0.2, 0) is 19.2 Å². The fraction of sp³-hybridized carbons (Fsp3) is 0.458. The minimum absolute atomic E-state index is 0.113. The number of benzene rings is 1. The maximum Gasteiger partial charge on any atom is 0.527 e. The number of amides is 2. The van der Waals surface area contributed by atoms with Crippen LogP contribution in [0.25, 0.3) is 5.69 Å². The molecule has 39 heavy (non-hydrogen) atoms. The van der Waals surface area contributed by atoms with E-state index in [9.17, 15) is 28.0 Å². The van der Waals surface area contributed by atoms with Crippen molar-refractivity contribution in [2.45, 2.75) is 32.2 Å². The van der Waals surface area contributed by atoms with Crippen LogP contribution in [0.15, 0.2) is 36.4 Å². The van der Waals surface area contributed by atoms with Gasteiger partial charge in [0.2, 0.25) is 11.8 Å². The number of ether oxygens (including phenoxy) is 2. The number of piperazine rings is 1. The van der Waals surface area contributed by atoms with Crippen LogP contribution in [0.2, 0.25) is 0 Å². The molecule has 15 heteroatoms. The summed E-state index contributed by atoms with van der Waals surface area (Å²) in [6, 6.07) is 8.33. The van der Waals surface area contributed by atoms with Crippen molar-refractivity contribution >= 4 is 23.9 Å². The molecule has 0 radical (unpaired) electrons. The third-order valence-corrected chi connectivity index (χ3v) is 5.53. The summed E-state index contributed by atoms with van der Waals surface area (Å²) in [5.41, 5.74) is 0.228. The molecule has 0 saturated carbocycles. The van der Waals surface area contributed by atoms with E-state index >= 15 is 0 Å². The lowest BCUT2D eigenvalue weighted by molar-refractivity contribution is -0.157. The Labute approximate surface area is 222 Å². The molecule has 2 amide bonds. The number of nitrogens with one attached hydrogen (secondary N) is 1. The minimum atomic E-state index is -2.76. The average molecular weight is 554 g/mol. The quantitative estimate of drug-likeness (QED) is 0.372. The maximum absolute atomic E-state index is 13.2. The van der Waals surface area contributed by atoms with Crippen LogP contribution >= 0.6 is 0 Å². The number of carboxylic acid groups (broad SMARTS) is 1. The van der Waals surface area contributed by atoms with Gasteiger partial charge in [-0.15, -0.1) is 5.06 Å². The number of alkyl halides is 2. The Hall–Kier alpha value is -4.27. The molecule has 1 fully saturated rings. The molecule has 2 N–H and O–H groups in total. The van der Waals surface area contributed by atoms with Crippen LogP contribution in [0.3, 0.4) is 0 Å². The zero-order valence-corrected chi connectivity index (χ0v) is 21.1. The topological polar surface area (TPSA) is 153 Å². The minimum Gasteiger partial charge on any atom is -0.481 e. The van der Waals surface area contributed by atoms with Crippen molar-refractivity contribution in [2.24, 2.45) is 0 Å². The van der Waals surface area contributed by atoms with Crippen molar-refractivity contribution < 1.29 is 47.4 Å². The van der Waals surface area contributed by atoms with E-state index in [4.69, 9.17) is 19.4 Å². The second-order valence-electron chi connectivity index (χ2n) is 8.30. The Morgan fingerprint density at radius 3 is 2.41 bits per heavy atom. The van der Waals surface area contributed by atoms with E-state index in [-0.39, 0.29) is 50.8 Å². The highest BCUT2D eigenvalue weighted by atomic mass is 19.3. The predicted octanol–water partition coefficient (Wildman–Crippen LogP) is 1.71. The summed E-state index contributed by atoms with van der Waals surface area (Å²) in [5.74, 6) is -2.62. The van der Waals surface area contributed by atoms with Crippen molar-refractivity contribution in [1.82, 2.24) is 25.1 Å². The molecule has 1 atom stereocenters. The number of hydroxylamine groups is 2. The van der Waals surface area contributed by atoms with E-state index in [1.807, 2.05) is 0 Å². The zero-order valence-electron chi connectivity index (χ0n) is 21.1. The number of aromatic nitrogens is 2. The van der Waals surface area contributed by atoms with Gasteiger partial charge < -0.3 is 29.6 Å². The van der Waals surface area contributed by atoms with E-state index in [1.54, 1.807) is 37.3 Å². The highest BCUT2D eigenvalue weighted by Gasteiger charge is 2.31. The van der Waals surface area contributed by atoms with Crippen molar-refractivity contribution in [3.8, 4) is 11.6 Å². The van der Waals surface area contributed by atoms with Crippen molar-refractivity contribution in [3.05, 3.63) is 42.1 Å². The molecule has 1 aliphatic heterocycles. The number of carboxylic acids is 1. The van der Waals surface area contributed by atoms with Gasteiger partial charge in [-0.05, 0) is 25.5 Å². The van der Waals surface area contributed by atoms with Crippen molar-refractivity contribution in [2.75, 3.05) is 39.4 Å². The number of aliphatic carboxylic acids is 1. The van der Waals surface area contributed by atoms with Gasteiger partial charge in [-0.2, -0.15) is 5.10 Å². The highest BCUT2D eigenvalue weighted by molar-refractivity contribution is 5.96. The average Bonchev–Trinajstić information content (AvgIpc) is 3.35. The van der Waals surface area contributed by atoms with Gasteiger partial charge in [0.15, 0.2) is 12.3 Å². The van der Waals surface area contributed by atoms with Gasteiger partial charge in [0.05, 0.1) is 25.4 Å². The van der Waals surface area contributed by atoms with E-state index in [1.165, 1.54) is 14.6 Å². The van der Waals surface area contributed by atoms with Crippen LogP contribution in [0.5, 0.6) is 5.88 Å². The van der Waals surface area contributed by atoms with Gasteiger partial charge >= 0.3 is 12.1 Å². The molecule has 0 spiro atoms. The van der Waals surface area contributed by atoms with Crippen LogP contribution in [-0.4, -0.2) is 101 Å². The lowest BCUT2D eigenvalue weighted by atomic mass is 10.1. The second-order valence-corrected chi connectivity index (χ2v) is 8.30. The first kappa shape index (κ1) is 29.3. The van der Waals surface area contributed by atoms with Crippen molar-refractivity contribution in [1.29, 1.82) is 0 Å². The lowest BCUT2D eigenvalue weighted by Crippen LogP contribution is -2.55. The maximum atomic E-state index is 13.2. The summed E-state index contributed by atoms with van der Waals surface area (Å²) >= 11 is 0. The number of carbonyl (C=O) groups is 4. The molecule has 2 heterocycles. The molecular formula is C24H29F2N5O8. The fourth-order valence-electron chi connectivity index (χ4n) is 3.71. The first-order valence-corrected chi connectivity index (χ1v) is 12.2. The lowest BCUT2D eigenvalue weighted by Gasteiger charge is -2.35. The fourth-order valence-corrected chi connectivity index (χ4v) is 3.71. The summed E-state index contributed by atoms with van der Waals surface area (Å²) in [5, 5.41) is 17.1. The van der Waals surface area contributed by atoms with E-state index in [0.29, 0.717) is 5.69 Å². The van der Waals surface area contributed by atoms with Gasteiger partial charge in [-0.3, -0.25) is 14.4 Å². The molecule has 0 aliphatic carbocycles. The molecule has 3 rings (SSSR count). The van der Waals surface area contributed by atoms with Crippen molar-refractivity contribution in [3.63, 3.8) is 0 Å². The third kappa shape index (κ3) is 8.63. The predicted molar refractivity (Wildman–Crippen MR) is 129 cm³/mol. The highest BCUT2D eigenvalue weighted by Crippen LogP contribution is 2.21. The Morgan fingerprint density at radius 1 is 1.10 bits per heavy atom. The van der Waals surface area contributed by atoms with E-state index < -0.39 is 49.4 Å². The number of hydrogen-bond donors (Lipinski definition) is 2. The molecule has 212 valence electrons. The Balaban J connectivity index is 1.72. The first-order chi connectivity index (χ1) is 18.7. The summed E-state index contributed by atoms with van der Waals surface area (Å²) in [4.78, 5) is 55.4. The van der Waals surface area contributed by atoms with Gasteiger partial charge in [0, 0.05) is 25.6 Å². The summed E-state index contributed by atoms with van der Waals surface area (Å²) in [7, 11) is 0. The number of nitrogens with zero attached hydrogens (tertiary/aromatic N) is 4. The van der Waals surface area contributed by atoms with Gasteiger partial charge in [-0.1, -0.05) is 18.2 Å². The molecule has 2 aromatic rings. The smallest absolute Gasteiger partial charge is 0.481 e. The number of hydrogen-bond acceptors (Lipinski definition) is 9. The monoisotopic (exact) mass is 553 g/mol. The molecule has 0 unspecified atom stereocenters. The summed E-state index contributed by atoms with van der Waals surface area (Å²) < 4.78 is 36.6. The SMILES string of the molecule is CCOC(=O)ON1CCN(C(=O)[C@H](CCC(=O)O)NC(=O)c2cc(OCC(F)F)n(-c3ccccc3)n2)CC1. The molecular weight excluding hydrogens is 524 g/mol.